The lowest BCUT2D eigenvalue weighted by Crippen LogP contribution is -2.51. The molecule has 0 spiro atoms. The van der Waals surface area contributed by atoms with Crippen LogP contribution in [0.2, 0.25) is 0 Å². The molecule has 0 aromatic heterocycles. The molecule has 4 bridgehead atoms. The van der Waals surface area contributed by atoms with Gasteiger partial charge in [-0.2, -0.15) is 0 Å². The van der Waals surface area contributed by atoms with Crippen LogP contribution in [0, 0.1) is 29.1 Å². The summed E-state index contributed by atoms with van der Waals surface area (Å²) in [5.74, 6) is 3.51. The first kappa shape index (κ1) is 13.2. The van der Waals surface area contributed by atoms with Crippen molar-refractivity contribution < 1.29 is 9.53 Å². The highest BCUT2D eigenvalue weighted by Crippen LogP contribution is 2.60. The summed E-state index contributed by atoms with van der Waals surface area (Å²) in [6, 6.07) is 0. The number of ether oxygens (including phenoxy) is 1. The molecule has 5 aliphatic carbocycles. The van der Waals surface area contributed by atoms with Gasteiger partial charge in [0.15, 0.2) is 0 Å². The van der Waals surface area contributed by atoms with Crippen molar-refractivity contribution in [2.75, 3.05) is 0 Å². The summed E-state index contributed by atoms with van der Waals surface area (Å²) in [4.78, 5) is 12.8. The lowest BCUT2D eigenvalue weighted by atomic mass is 9.49. The van der Waals surface area contributed by atoms with E-state index in [1.54, 1.807) is 0 Å². The fraction of sp³-hybridized carbons (Fsp3) is 0.944. The Morgan fingerprint density at radius 1 is 0.900 bits per heavy atom. The van der Waals surface area contributed by atoms with E-state index in [2.05, 4.69) is 6.92 Å². The Kier molecular flexibility index (Phi) is 3.12. The molecule has 0 heterocycles. The van der Waals surface area contributed by atoms with Gasteiger partial charge in [-0.15, -0.1) is 0 Å². The van der Waals surface area contributed by atoms with Gasteiger partial charge in [-0.25, -0.2) is 0 Å². The van der Waals surface area contributed by atoms with E-state index >= 15 is 0 Å². The summed E-state index contributed by atoms with van der Waals surface area (Å²) in [6.07, 6.45) is 12.5. The normalized spacial score (nSPS) is 50.1. The van der Waals surface area contributed by atoms with Gasteiger partial charge in [0, 0.05) is 0 Å². The van der Waals surface area contributed by atoms with E-state index in [-0.39, 0.29) is 17.5 Å². The minimum atomic E-state index is -0.0577. The monoisotopic (exact) mass is 276 g/mol. The Balaban J connectivity index is 1.43. The van der Waals surface area contributed by atoms with Crippen molar-refractivity contribution in [1.82, 2.24) is 0 Å². The van der Waals surface area contributed by atoms with Gasteiger partial charge in [-0.1, -0.05) is 6.92 Å². The highest BCUT2D eigenvalue weighted by Gasteiger charge is 2.55. The van der Waals surface area contributed by atoms with Crippen LogP contribution in [0.1, 0.15) is 71.1 Å². The predicted octanol–water partition coefficient (Wildman–Crippen LogP) is 4.32. The minimum Gasteiger partial charge on any atom is -0.462 e. The Bertz CT molecular complexity index is 357. The van der Waals surface area contributed by atoms with Crippen LogP contribution >= 0.6 is 0 Å². The molecule has 0 unspecified atom stereocenters. The SMILES string of the molecule is CC1CCC(OC(=O)C23CC4CC(CC(C4)C2)C3)CC1. The number of rotatable bonds is 2. The Hall–Kier alpha value is -0.530. The van der Waals surface area contributed by atoms with Crippen LogP contribution in [-0.4, -0.2) is 12.1 Å². The van der Waals surface area contributed by atoms with Gasteiger partial charge in [0.25, 0.3) is 0 Å². The van der Waals surface area contributed by atoms with E-state index < -0.39 is 0 Å². The third kappa shape index (κ3) is 2.19. The molecular formula is C18H28O2. The van der Waals surface area contributed by atoms with Crippen LogP contribution in [0.15, 0.2) is 0 Å². The fourth-order valence-corrected chi connectivity index (χ4v) is 5.98. The van der Waals surface area contributed by atoms with Crippen LogP contribution in [0.4, 0.5) is 0 Å². The van der Waals surface area contributed by atoms with Crippen LogP contribution in [0.25, 0.3) is 0 Å². The van der Waals surface area contributed by atoms with E-state index in [0.717, 1.165) is 55.8 Å². The highest BCUT2D eigenvalue weighted by atomic mass is 16.5. The topological polar surface area (TPSA) is 26.3 Å². The lowest BCUT2D eigenvalue weighted by Gasteiger charge is -2.55. The van der Waals surface area contributed by atoms with Crippen molar-refractivity contribution in [3.05, 3.63) is 0 Å². The van der Waals surface area contributed by atoms with Crippen LogP contribution < -0.4 is 0 Å². The molecule has 2 heteroatoms. The first-order chi connectivity index (χ1) is 9.63. The van der Waals surface area contributed by atoms with Crippen LogP contribution in [0.5, 0.6) is 0 Å². The summed E-state index contributed by atoms with van der Waals surface area (Å²) in [5, 5.41) is 0. The fourth-order valence-electron chi connectivity index (χ4n) is 5.98. The molecule has 0 amide bonds. The zero-order valence-electron chi connectivity index (χ0n) is 12.8. The molecule has 0 aromatic carbocycles. The number of carbonyl (C=O) groups excluding carboxylic acids is 1. The molecule has 0 aromatic rings. The molecule has 0 radical (unpaired) electrons. The van der Waals surface area contributed by atoms with E-state index in [9.17, 15) is 4.79 Å². The van der Waals surface area contributed by atoms with Gasteiger partial charge in [0.05, 0.1) is 5.41 Å². The number of esters is 1. The van der Waals surface area contributed by atoms with Crippen LogP contribution in [0.3, 0.4) is 0 Å². The molecule has 5 rings (SSSR count). The third-order valence-corrected chi connectivity index (χ3v) is 6.71. The van der Waals surface area contributed by atoms with Crippen LogP contribution in [-0.2, 0) is 9.53 Å². The Morgan fingerprint density at radius 2 is 1.40 bits per heavy atom. The van der Waals surface area contributed by atoms with Crippen molar-refractivity contribution >= 4 is 5.97 Å². The first-order valence-electron chi connectivity index (χ1n) is 8.84. The summed E-state index contributed by atoms with van der Waals surface area (Å²) < 4.78 is 5.99. The second-order valence-electron chi connectivity index (χ2n) is 8.49. The van der Waals surface area contributed by atoms with Gasteiger partial charge in [0.1, 0.15) is 6.10 Å². The van der Waals surface area contributed by atoms with Crippen molar-refractivity contribution in [2.24, 2.45) is 29.1 Å². The van der Waals surface area contributed by atoms with Crippen molar-refractivity contribution in [2.45, 2.75) is 77.2 Å². The number of carbonyl (C=O) groups is 1. The standard InChI is InChI=1S/C18H28O2/c1-12-2-4-16(5-3-12)20-17(19)18-9-13-6-14(10-18)8-15(7-13)11-18/h12-16H,2-11H2,1H3. The summed E-state index contributed by atoms with van der Waals surface area (Å²) in [6.45, 7) is 2.32. The molecule has 0 N–H and O–H groups in total. The Morgan fingerprint density at radius 3 is 1.90 bits per heavy atom. The van der Waals surface area contributed by atoms with Gasteiger partial charge >= 0.3 is 5.97 Å². The van der Waals surface area contributed by atoms with Gasteiger partial charge < -0.3 is 4.74 Å². The summed E-state index contributed by atoms with van der Waals surface area (Å²) in [7, 11) is 0. The quantitative estimate of drug-likeness (QED) is 0.702. The summed E-state index contributed by atoms with van der Waals surface area (Å²) in [5.41, 5.74) is -0.0577. The molecule has 0 saturated heterocycles. The van der Waals surface area contributed by atoms with E-state index in [1.807, 2.05) is 0 Å². The van der Waals surface area contributed by atoms with E-state index in [1.165, 1.54) is 32.1 Å². The maximum absolute atomic E-state index is 12.8. The molecule has 5 saturated carbocycles. The second-order valence-corrected chi connectivity index (χ2v) is 8.49. The number of hydrogen-bond acceptors (Lipinski definition) is 2. The lowest BCUT2D eigenvalue weighted by molar-refractivity contribution is -0.178. The molecular weight excluding hydrogens is 248 g/mol. The van der Waals surface area contributed by atoms with Crippen molar-refractivity contribution in [3.63, 3.8) is 0 Å². The Labute approximate surface area is 122 Å². The average molecular weight is 276 g/mol. The largest absolute Gasteiger partial charge is 0.462 e. The van der Waals surface area contributed by atoms with E-state index in [0.29, 0.717) is 0 Å². The van der Waals surface area contributed by atoms with Crippen molar-refractivity contribution in [3.8, 4) is 0 Å². The maximum Gasteiger partial charge on any atom is 0.312 e. The molecule has 0 atom stereocenters. The number of hydrogen-bond donors (Lipinski definition) is 0. The first-order valence-corrected chi connectivity index (χ1v) is 8.84. The molecule has 112 valence electrons. The molecule has 5 aliphatic rings. The zero-order chi connectivity index (χ0) is 13.7. The van der Waals surface area contributed by atoms with Gasteiger partial charge in [-0.05, 0) is 87.9 Å². The van der Waals surface area contributed by atoms with Gasteiger partial charge in [-0.3, -0.25) is 4.79 Å². The average Bonchev–Trinajstić information content (AvgIpc) is 2.40. The molecule has 5 fully saturated rings. The smallest absolute Gasteiger partial charge is 0.312 e. The second kappa shape index (κ2) is 4.74. The molecule has 0 aliphatic heterocycles. The molecule has 20 heavy (non-hydrogen) atoms. The molecule has 2 nitrogen and oxygen atoms in total. The highest BCUT2D eigenvalue weighted by molar-refractivity contribution is 5.77. The third-order valence-electron chi connectivity index (χ3n) is 6.71. The minimum absolute atomic E-state index is 0.0577. The summed E-state index contributed by atoms with van der Waals surface area (Å²) >= 11 is 0. The van der Waals surface area contributed by atoms with Gasteiger partial charge in [0.2, 0.25) is 0 Å². The van der Waals surface area contributed by atoms with Crippen molar-refractivity contribution in [1.29, 1.82) is 0 Å². The maximum atomic E-state index is 12.8. The van der Waals surface area contributed by atoms with E-state index in [4.69, 9.17) is 4.74 Å². The zero-order valence-corrected chi connectivity index (χ0v) is 12.8. The predicted molar refractivity (Wildman–Crippen MR) is 78.1 cm³/mol.